The van der Waals surface area contributed by atoms with Gasteiger partial charge >= 0.3 is 0 Å². The first-order chi connectivity index (χ1) is 12.2. The molecule has 128 valence electrons. The maximum atomic E-state index is 11.3. The maximum Gasteiger partial charge on any atom is 0.109 e. The average Bonchev–Trinajstić information content (AvgIpc) is 2.64. The highest BCUT2D eigenvalue weighted by Crippen LogP contribution is 2.44. The fourth-order valence-electron chi connectivity index (χ4n) is 4.52. The van der Waals surface area contributed by atoms with Gasteiger partial charge in [-0.15, -0.1) is 0 Å². The van der Waals surface area contributed by atoms with Crippen molar-refractivity contribution in [2.24, 2.45) is 0 Å². The Kier molecular flexibility index (Phi) is 4.29. The predicted octanol–water partition coefficient (Wildman–Crippen LogP) is 3.36. The fourth-order valence-corrected chi connectivity index (χ4v) is 4.52. The molecule has 3 heterocycles. The van der Waals surface area contributed by atoms with Crippen molar-refractivity contribution in [1.29, 1.82) is 5.26 Å². The van der Waals surface area contributed by atoms with Crippen LogP contribution in [0.2, 0.25) is 0 Å². The molecule has 4 nitrogen and oxygen atoms in total. The topological polar surface area (TPSA) is 60.1 Å². The number of aromatic nitrogens is 1. The summed E-state index contributed by atoms with van der Waals surface area (Å²) in [4.78, 5) is 6.97. The van der Waals surface area contributed by atoms with Crippen LogP contribution in [0.5, 0.6) is 0 Å². The van der Waals surface area contributed by atoms with Crippen LogP contribution in [0.25, 0.3) is 0 Å². The third-order valence-corrected chi connectivity index (χ3v) is 5.74. The minimum absolute atomic E-state index is 0.384. The molecule has 0 saturated carbocycles. The Morgan fingerprint density at radius 3 is 2.44 bits per heavy atom. The van der Waals surface area contributed by atoms with Crippen molar-refractivity contribution < 1.29 is 5.11 Å². The van der Waals surface area contributed by atoms with Gasteiger partial charge in [-0.05, 0) is 43.4 Å². The van der Waals surface area contributed by atoms with Crippen LogP contribution in [-0.2, 0) is 12.1 Å². The first-order valence-electron chi connectivity index (χ1n) is 9.07. The number of benzene rings is 1. The Balaban J connectivity index is 1.56. The van der Waals surface area contributed by atoms with Crippen molar-refractivity contribution in [1.82, 2.24) is 9.88 Å². The molecule has 0 radical (unpaired) electrons. The lowest BCUT2D eigenvalue weighted by molar-refractivity contribution is -0.102. The van der Waals surface area contributed by atoms with Gasteiger partial charge in [0.2, 0.25) is 0 Å². The standard InChI is InChI=1S/C21H23N3O/c22-13-17-9-10-20(23-14-17)21(25)11-18-7-4-8-19(12-21)24(18)15-16-5-2-1-3-6-16/h1-3,5-6,9-10,14,18-19,25H,4,7-8,11-12,15H2. The minimum atomic E-state index is -0.878. The number of pyridine rings is 1. The van der Waals surface area contributed by atoms with Gasteiger partial charge in [0.1, 0.15) is 11.7 Å². The molecule has 25 heavy (non-hydrogen) atoms. The van der Waals surface area contributed by atoms with Gasteiger partial charge in [-0.3, -0.25) is 9.88 Å². The van der Waals surface area contributed by atoms with Crippen LogP contribution in [0.3, 0.4) is 0 Å². The monoisotopic (exact) mass is 333 g/mol. The van der Waals surface area contributed by atoms with E-state index in [0.717, 1.165) is 32.2 Å². The van der Waals surface area contributed by atoms with E-state index in [-0.39, 0.29) is 0 Å². The van der Waals surface area contributed by atoms with E-state index >= 15 is 0 Å². The third-order valence-electron chi connectivity index (χ3n) is 5.74. The molecule has 2 fully saturated rings. The number of piperidine rings is 2. The number of nitrogens with zero attached hydrogens (tertiary/aromatic N) is 3. The van der Waals surface area contributed by atoms with Gasteiger partial charge in [0.25, 0.3) is 0 Å². The number of hydrogen-bond acceptors (Lipinski definition) is 4. The molecule has 2 aliphatic rings. The van der Waals surface area contributed by atoms with Crippen LogP contribution >= 0.6 is 0 Å². The normalized spacial score (nSPS) is 29.1. The summed E-state index contributed by atoms with van der Waals surface area (Å²) >= 11 is 0. The first-order valence-corrected chi connectivity index (χ1v) is 9.07. The van der Waals surface area contributed by atoms with Gasteiger partial charge in [0.05, 0.1) is 11.3 Å². The molecular formula is C21H23N3O. The second kappa shape index (κ2) is 6.59. The first kappa shape index (κ1) is 16.3. The Morgan fingerprint density at radius 1 is 1.12 bits per heavy atom. The number of fused-ring (bicyclic) bond motifs is 2. The van der Waals surface area contributed by atoms with E-state index in [1.807, 2.05) is 6.07 Å². The molecule has 2 aliphatic heterocycles. The molecule has 1 aromatic heterocycles. The van der Waals surface area contributed by atoms with Crippen LogP contribution in [0.15, 0.2) is 48.7 Å². The van der Waals surface area contributed by atoms with Gasteiger partial charge in [0.15, 0.2) is 0 Å². The summed E-state index contributed by atoms with van der Waals surface area (Å²) in [7, 11) is 0. The zero-order chi connectivity index (χ0) is 17.3. The molecule has 2 aromatic rings. The van der Waals surface area contributed by atoms with Crippen molar-refractivity contribution in [3.8, 4) is 6.07 Å². The van der Waals surface area contributed by atoms with E-state index in [1.54, 1.807) is 12.3 Å². The van der Waals surface area contributed by atoms with Crippen molar-refractivity contribution in [2.75, 3.05) is 0 Å². The lowest BCUT2D eigenvalue weighted by Crippen LogP contribution is -2.56. The van der Waals surface area contributed by atoms with Crippen LogP contribution in [0, 0.1) is 11.3 Å². The van der Waals surface area contributed by atoms with Gasteiger partial charge < -0.3 is 5.11 Å². The molecule has 2 atom stereocenters. The minimum Gasteiger partial charge on any atom is -0.383 e. The van der Waals surface area contributed by atoms with E-state index in [2.05, 4.69) is 46.3 Å². The second-order valence-corrected chi connectivity index (χ2v) is 7.38. The molecular weight excluding hydrogens is 310 g/mol. The average molecular weight is 333 g/mol. The molecule has 4 rings (SSSR count). The Bertz CT molecular complexity index is 752. The van der Waals surface area contributed by atoms with Gasteiger partial charge in [-0.25, -0.2) is 0 Å². The van der Waals surface area contributed by atoms with Crippen LogP contribution < -0.4 is 0 Å². The predicted molar refractivity (Wildman–Crippen MR) is 95.5 cm³/mol. The van der Waals surface area contributed by atoms with Crippen molar-refractivity contribution in [2.45, 2.75) is 56.3 Å². The summed E-state index contributed by atoms with van der Waals surface area (Å²) < 4.78 is 0. The molecule has 0 aliphatic carbocycles. The molecule has 4 heteroatoms. The Hall–Kier alpha value is -2.22. The Morgan fingerprint density at radius 2 is 1.84 bits per heavy atom. The van der Waals surface area contributed by atoms with Crippen molar-refractivity contribution in [3.05, 3.63) is 65.5 Å². The molecule has 2 bridgehead atoms. The zero-order valence-electron chi connectivity index (χ0n) is 14.3. The lowest BCUT2D eigenvalue weighted by Gasteiger charge is -2.52. The number of rotatable bonds is 3. The summed E-state index contributed by atoms with van der Waals surface area (Å²) in [5.74, 6) is 0. The lowest BCUT2D eigenvalue weighted by atomic mass is 9.73. The zero-order valence-corrected chi connectivity index (χ0v) is 14.3. The van der Waals surface area contributed by atoms with E-state index in [4.69, 9.17) is 5.26 Å². The van der Waals surface area contributed by atoms with Gasteiger partial charge in [-0.2, -0.15) is 5.26 Å². The van der Waals surface area contributed by atoms with E-state index in [0.29, 0.717) is 23.3 Å². The summed E-state index contributed by atoms with van der Waals surface area (Å²) in [6.45, 7) is 0.951. The van der Waals surface area contributed by atoms with Crippen LogP contribution in [0.4, 0.5) is 0 Å². The number of nitriles is 1. The molecule has 2 saturated heterocycles. The highest BCUT2D eigenvalue weighted by molar-refractivity contribution is 5.29. The number of hydrogen-bond donors (Lipinski definition) is 1. The van der Waals surface area contributed by atoms with Gasteiger partial charge in [-0.1, -0.05) is 36.8 Å². The number of aliphatic hydroxyl groups is 1. The summed E-state index contributed by atoms with van der Waals surface area (Å²) in [5, 5.41) is 20.3. The molecule has 1 aromatic carbocycles. The summed E-state index contributed by atoms with van der Waals surface area (Å²) in [6.07, 6.45) is 6.49. The van der Waals surface area contributed by atoms with Gasteiger partial charge in [0, 0.05) is 24.8 Å². The largest absolute Gasteiger partial charge is 0.383 e. The Labute approximate surface area is 148 Å². The van der Waals surface area contributed by atoms with E-state index < -0.39 is 5.60 Å². The maximum absolute atomic E-state index is 11.3. The summed E-state index contributed by atoms with van der Waals surface area (Å²) in [6, 6.07) is 17.0. The fraction of sp³-hybridized carbons (Fsp3) is 0.429. The summed E-state index contributed by atoms with van der Waals surface area (Å²) in [5.41, 5.74) is 1.70. The molecule has 0 spiro atoms. The van der Waals surface area contributed by atoms with Crippen LogP contribution in [0.1, 0.15) is 48.9 Å². The molecule has 1 N–H and O–H groups in total. The highest BCUT2D eigenvalue weighted by atomic mass is 16.3. The SMILES string of the molecule is N#Cc1ccc(C2(O)CC3CCCC(C2)N3Cc2ccccc2)nc1. The van der Waals surface area contributed by atoms with Crippen molar-refractivity contribution in [3.63, 3.8) is 0 Å². The smallest absolute Gasteiger partial charge is 0.109 e. The molecule has 0 amide bonds. The highest BCUT2D eigenvalue weighted by Gasteiger charge is 2.46. The van der Waals surface area contributed by atoms with Crippen LogP contribution in [-0.4, -0.2) is 27.1 Å². The third kappa shape index (κ3) is 3.18. The quantitative estimate of drug-likeness (QED) is 0.936. The molecule has 2 unspecified atom stereocenters. The van der Waals surface area contributed by atoms with E-state index in [9.17, 15) is 5.11 Å². The second-order valence-electron chi connectivity index (χ2n) is 7.38. The van der Waals surface area contributed by atoms with E-state index in [1.165, 1.54) is 12.0 Å². The van der Waals surface area contributed by atoms with Crippen molar-refractivity contribution >= 4 is 0 Å².